The number of benzene rings is 1. The molecule has 0 aliphatic carbocycles. The van der Waals surface area contributed by atoms with Gasteiger partial charge in [-0.15, -0.1) is 0 Å². The molecule has 0 bridgehead atoms. The van der Waals surface area contributed by atoms with Crippen LogP contribution in [0.5, 0.6) is 0 Å². The van der Waals surface area contributed by atoms with E-state index in [2.05, 4.69) is 15.2 Å². The molecule has 2 heterocycles. The van der Waals surface area contributed by atoms with Gasteiger partial charge in [0.05, 0.1) is 12.1 Å². The fraction of sp³-hybridized carbons (Fsp3) is 0.118. The Morgan fingerprint density at radius 3 is 2.96 bits per heavy atom. The summed E-state index contributed by atoms with van der Waals surface area (Å²) in [6, 6.07) is 9.33. The number of pyridine rings is 1. The minimum absolute atomic E-state index is 0.322. The smallest absolute Gasteiger partial charge is 0.331 e. The van der Waals surface area contributed by atoms with E-state index in [1.165, 1.54) is 6.08 Å². The van der Waals surface area contributed by atoms with Crippen molar-refractivity contribution in [2.75, 3.05) is 6.61 Å². The Hall–Kier alpha value is -2.66. The predicted molar refractivity (Wildman–Crippen MR) is 89.1 cm³/mol. The van der Waals surface area contributed by atoms with E-state index in [1.807, 2.05) is 30.3 Å². The number of fused-ring (bicyclic) bond motifs is 1. The van der Waals surface area contributed by atoms with Crippen molar-refractivity contribution in [1.29, 1.82) is 0 Å². The predicted octanol–water partition coefficient (Wildman–Crippen LogP) is 3.61. The lowest BCUT2D eigenvalue weighted by Gasteiger charge is -2.08. The van der Waals surface area contributed by atoms with Crippen LogP contribution in [0.15, 0.2) is 48.8 Å². The zero-order chi connectivity index (χ0) is 16.2. The molecule has 0 saturated heterocycles. The summed E-state index contributed by atoms with van der Waals surface area (Å²) in [6.45, 7) is 2.09. The number of hydrogen-bond donors (Lipinski definition) is 1. The number of aromatic amines is 1. The van der Waals surface area contributed by atoms with E-state index < -0.39 is 5.97 Å². The molecule has 3 aromatic rings. The van der Waals surface area contributed by atoms with E-state index in [1.54, 1.807) is 19.3 Å². The van der Waals surface area contributed by atoms with Crippen LogP contribution in [0.4, 0.5) is 0 Å². The van der Waals surface area contributed by atoms with Crippen LogP contribution in [0.3, 0.4) is 0 Å². The molecule has 1 aromatic carbocycles. The molecule has 0 aliphatic heterocycles. The maximum Gasteiger partial charge on any atom is 0.331 e. The van der Waals surface area contributed by atoms with Crippen molar-refractivity contribution in [2.45, 2.75) is 6.92 Å². The maximum absolute atomic E-state index is 11.9. The van der Waals surface area contributed by atoms with Crippen LogP contribution in [0.1, 0.15) is 18.1 Å². The van der Waals surface area contributed by atoms with Gasteiger partial charge in [0.1, 0.15) is 5.15 Å². The van der Waals surface area contributed by atoms with E-state index in [9.17, 15) is 4.79 Å². The first-order valence-corrected chi connectivity index (χ1v) is 7.49. The van der Waals surface area contributed by atoms with Crippen LogP contribution in [-0.4, -0.2) is 27.8 Å². The van der Waals surface area contributed by atoms with Gasteiger partial charge >= 0.3 is 5.97 Å². The lowest BCUT2D eigenvalue weighted by Crippen LogP contribution is -2.02. The van der Waals surface area contributed by atoms with Crippen molar-refractivity contribution >= 4 is 34.0 Å². The number of aromatic nitrogens is 3. The second-order valence-electron chi connectivity index (χ2n) is 4.82. The van der Waals surface area contributed by atoms with Crippen LogP contribution in [0.2, 0.25) is 5.15 Å². The van der Waals surface area contributed by atoms with Crippen molar-refractivity contribution in [3.63, 3.8) is 0 Å². The van der Waals surface area contributed by atoms with E-state index in [0.717, 1.165) is 27.6 Å². The van der Waals surface area contributed by atoms with Crippen LogP contribution in [0.25, 0.3) is 16.5 Å². The Bertz CT molecular complexity index is 872. The van der Waals surface area contributed by atoms with Gasteiger partial charge in [-0.3, -0.25) is 10.1 Å². The number of carbonyl (C=O) groups excluding carboxylic acids is 1. The number of halogens is 1. The molecule has 0 spiro atoms. The van der Waals surface area contributed by atoms with E-state index >= 15 is 0 Å². The number of ether oxygens (including phenoxy) is 1. The summed E-state index contributed by atoms with van der Waals surface area (Å²) in [5, 5.41) is 8.09. The molecular weight excluding hydrogens is 314 g/mol. The van der Waals surface area contributed by atoms with Gasteiger partial charge < -0.3 is 4.74 Å². The summed E-state index contributed by atoms with van der Waals surface area (Å²) in [5.74, 6) is -0.398. The van der Waals surface area contributed by atoms with Crippen molar-refractivity contribution in [3.05, 3.63) is 65.1 Å². The molecular formula is C17H14ClN3O2. The summed E-state index contributed by atoms with van der Waals surface area (Å²) in [5.41, 5.74) is 3.14. The second-order valence-corrected chi connectivity index (χ2v) is 5.20. The number of hydrogen-bond acceptors (Lipinski definition) is 4. The first kappa shape index (κ1) is 15.2. The number of carbonyl (C=O) groups is 1. The molecule has 0 atom stereocenters. The highest BCUT2D eigenvalue weighted by Gasteiger charge is 2.11. The molecule has 0 unspecified atom stereocenters. The Balaban J connectivity index is 2.13. The standard InChI is InChI=1S/C17H14ClN3O2/c1-2-23-16(22)9-13(12-4-3-7-19-10-12)11-5-6-15-14(8-11)17(18)21-20-15/h3-10H,2H2,1H3,(H,20,21). The fourth-order valence-electron chi connectivity index (χ4n) is 2.30. The van der Waals surface area contributed by atoms with E-state index in [0.29, 0.717) is 11.8 Å². The van der Waals surface area contributed by atoms with Crippen molar-refractivity contribution in [3.8, 4) is 0 Å². The molecule has 0 radical (unpaired) electrons. The van der Waals surface area contributed by atoms with Crippen molar-refractivity contribution in [2.24, 2.45) is 0 Å². The molecule has 23 heavy (non-hydrogen) atoms. The summed E-state index contributed by atoms with van der Waals surface area (Å²) in [4.78, 5) is 16.0. The molecule has 1 N–H and O–H groups in total. The van der Waals surface area contributed by atoms with Gasteiger partial charge in [0.2, 0.25) is 0 Å². The molecule has 0 aliphatic rings. The Labute approximate surface area is 138 Å². The summed E-state index contributed by atoms with van der Waals surface area (Å²) in [7, 11) is 0. The first-order valence-electron chi connectivity index (χ1n) is 7.12. The summed E-state index contributed by atoms with van der Waals surface area (Å²) >= 11 is 6.11. The molecule has 2 aromatic heterocycles. The highest BCUT2D eigenvalue weighted by atomic mass is 35.5. The number of rotatable bonds is 4. The van der Waals surface area contributed by atoms with E-state index in [4.69, 9.17) is 16.3 Å². The number of nitrogens with zero attached hydrogens (tertiary/aromatic N) is 2. The van der Waals surface area contributed by atoms with Gasteiger partial charge in [-0.25, -0.2) is 4.79 Å². The molecule has 0 fully saturated rings. The Kier molecular flexibility index (Phi) is 4.39. The first-order chi connectivity index (χ1) is 11.2. The van der Waals surface area contributed by atoms with Crippen molar-refractivity contribution in [1.82, 2.24) is 15.2 Å². The number of nitrogens with one attached hydrogen (secondary N) is 1. The molecule has 116 valence electrons. The fourth-order valence-corrected chi connectivity index (χ4v) is 2.50. The third-order valence-electron chi connectivity index (χ3n) is 3.34. The zero-order valence-corrected chi connectivity index (χ0v) is 13.2. The quantitative estimate of drug-likeness (QED) is 0.587. The molecule has 3 rings (SSSR count). The van der Waals surface area contributed by atoms with Gasteiger partial charge in [0.25, 0.3) is 0 Å². The maximum atomic E-state index is 11.9. The largest absolute Gasteiger partial charge is 0.463 e. The summed E-state index contributed by atoms with van der Waals surface area (Å²) in [6.07, 6.45) is 4.85. The highest BCUT2D eigenvalue weighted by molar-refractivity contribution is 6.34. The number of H-pyrrole nitrogens is 1. The van der Waals surface area contributed by atoms with E-state index in [-0.39, 0.29) is 0 Å². The lowest BCUT2D eigenvalue weighted by atomic mass is 9.98. The highest BCUT2D eigenvalue weighted by Crippen LogP contribution is 2.28. The van der Waals surface area contributed by atoms with Crippen molar-refractivity contribution < 1.29 is 9.53 Å². The second kappa shape index (κ2) is 6.62. The van der Waals surface area contributed by atoms with Crippen LogP contribution in [0, 0.1) is 0 Å². The SMILES string of the molecule is CCOC(=O)C=C(c1cccnc1)c1ccc2n[nH]c(Cl)c2c1. The van der Waals surface area contributed by atoms with Crippen LogP contribution < -0.4 is 0 Å². The minimum Gasteiger partial charge on any atom is -0.463 e. The number of esters is 1. The van der Waals surface area contributed by atoms with Gasteiger partial charge in [-0.05, 0) is 36.3 Å². The Morgan fingerprint density at radius 1 is 1.35 bits per heavy atom. The third-order valence-corrected chi connectivity index (χ3v) is 3.63. The molecule has 0 amide bonds. The van der Waals surface area contributed by atoms with Crippen LogP contribution in [-0.2, 0) is 9.53 Å². The summed E-state index contributed by atoms with van der Waals surface area (Å²) < 4.78 is 5.03. The van der Waals surface area contributed by atoms with Crippen LogP contribution >= 0.6 is 11.6 Å². The Morgan fingerprint density at radius 2 is 2.22 bits per heavy atom. The average Bonchev–Trinajstić information content (AvgIpc) is 2.94. The molecule has 0 saturated carbocycles. The van der Waals surface area contributed by atoms with Gasteiger partial charge in [-0.2, -0.15) is 5.10 Å². The monoisotopic (exact) mass is 327 g/mol. The normalized spacial score (nSPS) is 11.7. The van der Waals surface area contributed by atoms with Gasteiger partial charge in [0, 0.05) is 29.4 Å². The van der Waals surface area contributed by atoms with Gasteiger partial charge in [0.15, 0.2) is 0 Å². The zero-order valence-electron chi connectivity index (χ0n) is 12.4. The average molecular weight is 328 g/mol. The molecule has 6 heteroatoms. The lowest BCUT2D eigenvalue weighted by molar-refractivity contribution is -0.137. The molecule has 5 nitrogen and oxygen atoms in total. The minimum atomic E-state index is -0.398. The van der Waals surface area contributed by atoms with Gasteiger partial charge in [-0.1, -0.05) is 23.7 Å². The third kappa shape index (κ3) is 3.24. The topological polar surface area (TPSA) is 67.9 Å².